The first-order valence-electron chi connectivity index (χ1n) is 4.95. The first-order valence-corrected chi connectivity index (χ1v) is 4.95. The molecule has 0 aliphatic heterocycles. The van der Waals surface area contributed by atoms with Crippen molar-refractivity contribution in [2.45, 2.75) is 32.5 Å². The van der Waals surface area contributed by atoms with Crippen LogP contribution in [-0.2, 0) is 9.47 Å². The third-order valence-corrected chi connectivity index (χ3v) is 2.00. The van der Waals surface area contributed by atoms with Crippen LogP contribution < -0.4 is 0 Å². The zero-order valence-electron chi connectivity index (χ0n) is 10.1. The first-order chi connectivity index (χ1) is 6.92. The van der Waals surface area contributed by atoms with Crippen molar-refractivity contribution in [1.82, 2.24) is 0 Å². The molecule has 15 heavy (non-hydrogen) atoms. The van der Waals surface area contributed by atoms with Gasteiger partial charge in [0.1, 0.15) is 0 Å². The predicted octanol–water partition coefficient (Wildman–Crippen LogP) is -0.220. The Morgan fingerprint density at radius 1 is 1.13 bits per heavy atom. The second-order valence-corrected chi connectivity index (χ2v) is 3.54. The lowest BCUT2D eigenvalue weighted by atomic mass is 10.0. The van der Waals surface area contributed by atoms with Crippen molar-refractivity contribution in [3.8, 4) is 0 Å². The van der Waals surface area contributed by atoms with E-state index in [0.717, 1.165) is 0 Å². The molecule has 1 unspecified atom stereocenters. The molecule has 0 fully saturated rings. The van der Waals surface area contributed by atoms with Crippen LogP contribution in [0, 0.1) is 0 Å². The fourth-order valence-electron chi connectivity index (χ4n) is 0.402. The van der Waals surface area contributed by atoms with Crippen LogP contribution in [0.3, 0.4) is 0 Å². The van der Waals surface area contributed by atoms with Gasteiger partial charge in [0.25, 0.3) is 0 Å². The summed E-state index contributed by atoms with van der Waals surface area (Å²) in [5.74, 6) is 0. The summed E-state index contributed by atoms with van der Waals surface area (Å²) in [6, 6.07) is 0. The van der Waals surface area contributed by atoms with Gasteiger partial charge in [0.2, 0.25) is 0 Å². The van der Waals surface area contributed by atoms with E-state index < -0.39 is 11.7 Å². The second kappa shape index (κ2) is 10.3. The Balaban J connectivity index is 0. The van der Waals surface area contributed by atoms with Gasteiger partial charge in [-0.1, -0.05) is 0 Å². The molecule has 5 heteroatoms. The fourth-order valence-corrected chi connectivity index (χ4v) is 0.402. The number of aliphatic hydroxyl groups excluding tert-OH is 3. The van der Waals surface area contributed by atoms with E-state index in [1.54, 1.807) is 14.0 Å². The van der Waals surface area contributed by atoms with Crippen LogP contribution in [0.4, 0.5) is 0 Å². The van der Waals surface area contributed by atoms with E-state index in [-0.39, 0.29) is 13.2 Å². The van der Waals surface area contributed by atoms with E-state index in [0.29, 0.717) is 13.2 Å². The molecular formula is C10H24O5. The van der Waals surface area contributed by atoms with Gasteiger partial charge in [-0.2, -0.15) is 0 Å². The number of hydrogen-bond donors (Lipinski definition) is 3. The van der Waals surface area contributed by atoms with E-state index in [4.69, 9.17) is 20.1 Å². The Morgan fingerprint density at radius 2 is 1.53 bits per heavy atom. The van der Waals surface area contributed by atoms with Crippen LogP contribution in [0.2, 0.25) is 0 Å². The maximum Gasteiger partial charge on any atom is 0.0877 e. The molecule has 1 atom stereocenters. The van der Waals surface area contributed by atoms with Gasteiger partial charge in [-0.05, 0) is 20.8 Å². The summed E-state index contributed by atoms with van der Waals surface area (Å²) in [5.41, 5.74) is -0.403. The lowest BCUT2D eigenvalue weighted by Crippen LogP contribution is -2.35. The maximum absolute atomic E-state index is 8.96. The highest BCUT2D eigenvalue weighted by Gasteiger charge is 2.22. The zero-order chi connectivity index (χ0) is 12.3. The molecule has 0 heterocycles. The molecule has 0 aliphatic rings. The third-order valence-electron chi connectivity index (χ3n) is 2.00. The zero-order valence-corrected chi connectivity index (χ0v) is 10.1. The van der Waals surface area contributed by atoms with Gasteiger partial charge >= 0.3 is 0 Å². The molecule has 0 saturated heterocycles. The fraction of sp³-hybridized carbons (Fsp3) is 1.00. The number of rotatable bonds is 6. The van der Waals surface area contributed by atoms with Gasteiger partial charge < -0.3 is 24.8 Å². The van der Waals surface area contributed by atoms with Crippen LogP contribution in [0.25, 0.3) is 0 Å². The first kappa shape index (κ1) is 17.2. The smallest absolute Gasteiger partial charge is 0.0877 e. The molecule has 0 spiro atoms. The largest absolute Gasteiger partial charge is 0.394 e. The number of methoxy groups -OCH3 is 1. The Morgan fingerprint density at radius 3 is 1.67 bits per heavy atom. The van der Waals surface area contributed by atoms with Crippen LogP contribution in [0.5, 0.6) is 0 Å². The highest BCUT2D eigenvalue weighted by atomic mass is 16.5. The van der Waals surface area contributed by atoms with Crippen molar-refractivity contribution in [2.75, 3.05) is 33.5 Å². The minimum Gasteiger partial charge on any atom is -0.394 e. The van der Waals surface area contributed by atoms with Crippen molar-refractivity contribution < 1.29 is 24.8 Å². The number of hydrogen-bond acceptors (Lipinski definition) is 5. The average molecular weight is 224 g/mol. The molecule has 0 saturated carbocycles. The summed E-state index contributed by atoms with van der Waals surface area (Å²) in [5, 5.41) is 25.1. The molecule has 5 nitrogen and oxygen atoms in total. The van der Waals surface area contributed by atoms with Crippen molar-refractivity contribution in [2.24, 2.45) is 0 Å². The topological polar surface area (TPSA) is 79.2 Å². The quantitative estimate of drug-likeness (QED) is 0.544. The van der Waals surface area contributed by atoms with E-state index in [1.165, 1.54) is 0 Å². The lowest BCUT2D eigenvalue weighted by molar-refractivity contribution is -0.0687. The van der Waals surface area contributed by atoms with E-state index >= 15 is 0 Å². The summed E-state index contributed by atoms with van der Waals surface area (Å²) in [6.07, 6.45) is -0.410. The van der Waals surface area contributed by atoms with Gasteiger partial charge in [-0.15, -0.1) is 0 Å². The molecule has 0 aromatic carbocycles. The molecule has 0 aliphatic carbocycles. The second-order valence-electron chi connectivity index (χ2n) is 3.54. The molecule has 0 radical (unpaired) electrons. The van der Waals surface area contributed by atoms with Crippen LogP contribution in [-0.4, -0.2) is 60.6 Å². The van der Waals surface area contributed by atoms with Crippen molar-refractivity contribution in [1.29, 1.82) is 0 Å². The summed E-state index contributed by atoms with van der Waals surface area (Å²) in [7, 11) is 1.59. The Bertz CT molecular complexity index is 121. The van der Waals surface area contributed by atoms with E-state index in [1.807, 2.05) is 13.8 Å². The summed E-state index contributed by atoms with van der Waals surface area (Å²) < 4.78 is 9.58. The predicted molar refractivity (Wildman–Crippen MR) is 57.8 cm³/mol. The summed E-state index contributed by atoms with van der Waals surface area (Å²) >= 11 is 0. The maximum atomic E-state index is 8.96. The molecular weight excluding hydrogens is 200 g/mol. The Labute approximate surface area is 91.6 Å². The SMILES string of the molecule is COC(C)(C)C(C)O.OCCOCCO. The van der Waals surface area contributed by atoms with Crippen molar-refractivity contribution >= 4 is 0 Å². The average Bonchev–Trinajstić information content (AvgIpc) is 2.19. The standard InChI is InChI=1S/C6H14O2.C4H10O3/c1-5(7)6(2,3)8-4;5-1-3-7-4-2-6/h5,7H,1-4H3;5-6H,1-4H2. The van der Waals surface area contributed by atoms with Crippen LogP contribution in [0.1, 0.15) is 20.8 Å². The van der Waals surface area contributed by atoms with E-state index in [2.05, 4.69) is 4.74 Å². The lowest BCUT2D eigenvalue weighted by Gasteiger charge is -2.25. The monoisotopic (exact) mass is 224 g/mol. The molecule has 0 aromatic heterocycles. The van der Waals surface area contributed by atoms with Gasteiger partial charge in [0, 0.05) is 7.11 Å². The minimum absolute atomic E-state index is 0.0278. The molecule has 0 rings (SSSR count). The number of aliphatic hydroxyl groups is 3. The van der Waals surface area contributed by atoms with Gasteiger partial charge in [0.05, 0.1) is 38.1 Å². The normalized spacial score (nSPS) is 13.0. The third kappa shape index (κ3) is 11.7. The Hall–Kier alpha value is -0.200. The highest BCUT2D eigenvalue weighted by molar-refractivity contribution is 4.73. The van der Waals surface area contributed by atoms with Crippen LogP contribution >= 0.6 is 0 Å². The van der Waals surface area contributed by atoms with Crippen molar-refractivity contribution in [3.05, 3.63) is 0 Å². The van der Waals surface area contributed by atoms with Crippen molar-refractivity contribution in [3.63, 3.8) is 0 Å². The molecule has 0 amide bonds. The van der Waals surface area contributed by atoms with Gasteiger partial charge in [0.15, 0.2) is 0 Å². The molecule has 0 bridgehead atoms. The van der Waals surface area contributed by atoms with Gasteiger partial charge in [-0.3, -0.25) is 0 Å². The summed E-state index contributed by atoms with van der Waals surface area (Å²) in [4.78, 5) is 0. The minimum atomic E-state index is -0.410. The van der Waals surface area contributed by atoms with Gasteiger partial charge in [-0.25, -0.2) is 0 Å². The summed E-state index contributed by atoms with van der Waals surface area (Å²) in [6.45, 7) is 6.10. The Kier molecular flexibility index (Phi) is 11.8. The van der Waals surface area contributed by atoms with Crippen LogP contribution in [0.15, 0.2) is 0 Å². The number of ether oxygens (including phenoxy) is 2. The molecule has 3 N–H and O–H groups in total. The highest BCUT2D eigenvalue weighted by Crippen LogP contribution is 2.11. The van der Waals surface area contributed by atoms with E-state index in [9.17, 15) is 0 Å². The molecule has 94 valence electrons. The molecule has 0 aromatic rings.